The standard InChI is InChI=1S/C22H37N3O4/c1-4-29-20(27)25-16-6-7-17(25)15-18(14-16)24-12-10-22(28-3,11-13-24)19(26)23-21(2)8-5-9-21/h16-18H,4-15H2,1-3H3,(H,23,26). The first kappa shape index (κ1) is 20.9. The minimum Gasteiger partial charge on any atom is -0.450 e. The van der Waals surface area contributed by atoms with Crippen molar-refractivity contribution in [1.82, 2.24) is 15.1 Å². The van der Waals surface area contributed by atoms with Crippen LogP contribution >= 0.6 is 0 Å². The van der Waals surface area contributed by atoms with E-state index in [4.69, 9.17) is 9.47 Å². The third kappa shape index (κ3) is 3.88. The number of fused-ring (bicyclic) bond motifs is 2. The molecule has 0 aromatic rings. The second kappa shape index (κ2) is 8.06. The highest BCUT2D eigenvalue weighted by molar-refractivity contribution is 5.86. The molecule has 0 aromatic heterocycles. The van der Waals surface area contributed by atoms with Crippen LogP contribution in [0.4, 0.5) is 4.79 Å². The summed E-state index contributed by atoms with van der Waals surface area (Å²) >= 11 is 0. The van der Waals surface area contributed by atoms with Gasteiger partial charge in [-0.25, -0.2) is 4.79 Å². The van der Waals surface area contributed by atoms with E-state index in [0.29, 0.717) is 24.7 Å². The quantitative estimate of drug-likeness (QED) is 0.759. The minimum absolute atomic E-state index is 0.0428. The monoisotopic (exact) mass is 407 g/mol. The molecule has 3 saturated heterocycles. The van der Waals surface area contributed by atoms with Gasteiger partial charge < -0.3 is 19.7 Å². The Labute approximate surface area is 174 Å². The van der Waals surface area contributed by atoms with E-state index in [1.807, 2.05) is 11.8 Å². The Bertz CT molecular complexity index is 614. The van der Waals surface area contributed by atoms with Crippen molar-refractivity contribution in [1.29, 1.82) is 0 Å². The van der Waals surface area contributed by atoms with Crippen LogP contribution in [0.3, 0.4) is 0 Å². The third-order valence-corrected chi connectivity index (χ3v) is 7.99. The van der Waals surface area contributed by atoms with Crippen molar-refractivity contribution in [2.45, 2.75) is 101 Å². The molecule has 0 spiro atoms. The molecule has 1 saturated carbocycles. The molecule has 2 unspecified atom stereocenters. The minimum atomic E-state index is -0.695. The van der Waals surface area contributed by atoms with Gasteiger partial charge >= 0.3 is 6.09 Å². The summed E-state index contributed by atoms with van der Waals surface area (Å²) in [7, 11) is 1.68. The lowest BCUT2D eigenvalue weighted by atomic mass is 9.77. The van der Waals surface area contributed by atoms with Gasteiger partial charge in [0.15, 0.2) is 0 Å². The molecule has 7 heteroatoms. The van der Waals surface area contributed by atoms with E-state index in [0.717, 1.165) is 64.5 Å². The lowest BCUT2D eigenvalue weighted by Crippen LogP contribution is -2.62. The van der Waals surface area contributed by atoms with Crippen molar-refractivity contribution >= 4 is 12.0 Å². The van der Waals surface area contributed by atoms with Crippen molar-refractivity contribution < 1.29 is 19.1 Å². The summed E-state index contributed by atoms with van der Waals surface area (Å²) in [5.74, 6) is 0.0686. The Morgan fingerprint density at radius 3 is 2.14 bits per heavy atom. The van der Waals surface area contributed by atoms with Gasteiger partial charge in [-0.1, -0.05) is 0 Å². The molecule has 0 radical (unpaired) electrons. The van der Waals surface area contributed by atoms with Crippen LogP contribution in [-0.4, -0.2) is 77.9 Å². The lowest BCUT2D eigenvalue weighted by molar-refractivity contribution is -0.153. The number of hydrogen-bond donors (Lipinski definition) is 1. The fourth-order valence-electron chi connectivity index (χ4n) is 5.94. The molecular formula is C22H37N3O4. The molecule has 1 N–H and O–H groups in total. The zero-order valence-corrected chi connectivity index (χ0v) is 18.2. The van der Waals surface area contributed by atoms with Crippen LogP contribution in [0.2, 0.25) is 0 Å². The van der Waals surface area contributed by atoms with Crippen LogP contribution in [0.1, 0.15) is 71.6 Å². The second-order valence-corrected chi connectivity index (χ2v) is 9.72. The maximum Gasteiger partial charge on any atom is 0.410 e. The van der Waals surface area contributed by atoms with E-state index in [-0.39, 0.29) is 17.5 Å². The van der Waals surface area contributed by atoms with Crippen molar-refractivity contribution in [2.24, 2.45) is 0 Å². The second-order valence-electron chi connectivity index (χ2n) is 9.72. The number of nitrogens with zero attached hydrogens (tertiary/aromatic N) is 2. The first-order valence-corrected chi connectivity index (χ1v) is 11.5. The van der Waals surface area contributed by atoms with Gasteiger partial charge in [0.05, 0.1) is 6.61 Å². The fraction of sp³-hybridized carbons (Fsp3) is 0.909. The Morgan fingerprint density at radius 2 is 1.66 bits per heavy atom. The van der Waals surface area contributed by atoms with Gasteiger partial charge in [-0.05, 0) is 71.6 Å². The van der Waals surface area contributed by atoms with E-state index in [1.165, 1.54) is 6.42 Å². The largest absolute Gasteiger partial charge is 0.450 e. The van der Waals surface area contributed by atoms with Gasteiger partial charge in [0.25, 0.3) is 5.91 Å². The zero-order valence-electron chi connectivity index (χ0n) is 18.2. The van der Waals surface area contributed by atoms with Gasteiger partial charge in [0.2, 0.25) is 0 Å². The number of likely N-dealkylation sites (tertiary alicyclic amines) is 1. The summed E-state index contributed by atoms with van der Waals surface area (Å²) in [5.41, 5.74) is -0.738. The average Bonchev–Trinajstić information content (AvgIpc) is 2.96. The Hall–Kier alpha value is -1.34. The molecule has 1 aliphatic carbocycles. The fourth-order valence-corrected chi connectivity index (χ4v) is 5.94. The molecular weight excluding hydrogens is 370 g/mol. The number of carbonyl (C=O) groups excluding carboxylic acids is 2. The summed E-state index contributed by atoms with van der Waals surface area (Å²) in [6.45, 7) is 6.19. The molecule has 7 nitrogen and oxygen atoms in total. The van der Waals surface area contributed by atoms with E-state index in [2.05, 4.69) is 17.1 Å². The van der Waals surface area contributed by atoms with Crippen molar-refractivity contribution in [3.8, 4) is 0 Å². The maximum atomic E-state index is 13.0. The number of ether oxygens (including phenoxy) is 2. The Kier molecular flexibility index (Phi) is 5.81. The summed E-state index contributed by atoms with van der Waals surface area (Å²) in [6, 6.07) is 1.09. The molecule has 2 amide bonds. The predicted octanol–water partition coefficient (Wildman–Crippen LogP) is 2.68. The van der Waals surface area contributed by atoms with Crippen LogP contribution in [0.25, 0.3) is 0 Å². The summed E-state index contributed by atoms with van der Waals surface area (Å²) < 4.78 is 11.1. The smallest absolute Gasteiger partial charge is 0.410 e. The number of piperidine rings is 2. The first-order chi connectivity index (χ1) is 13.9. The highest BCUT2D eigenvalue weighted by Crippen LogP contribution is 2.40. The molecule has 2 atom stereocenters. The van der Waals surface area contributed by atoms with Crippen LogP contribution in [0.5, 0.6) is 0 Å². The molecule has 164 valence electrons. The van der Waals surface area contributed by atoms with Crippen LogP contribution in [0, 0.1) is 0 Å². The molecule has 4 aliphatic rings. The van der Waals surface area contributed by atoms with E-state index in [1.54, 1.807) is 7.11 Å². The van der Waals surface area contributed by atoms with Gasteiger partial charge in [0, 0.05) is 43.9 Å². The number of amides is 2. The first-order valence-electron chi connectivity index (χ1n) is 11.5. The Morgan fingerprint density at radius 1 is 1.03 bits per heavy atom. The maximum absolute atomic E-state index is 13.0. The van der Waals surface area contributed by atoms with Gasteiger partial charge in [-0.15, -0.1) is 0 Å². The number of carbonyl (C=O) groups is 2. The van der Waals surface area contributed by atoms with Crippen molar-refractivity contribution in [2.75, 3.05) is 26.8 Å². The highest BCUT2D eigenvalue weighted by atomic mass is 16.6. The van der Waals surface area contributed by atoms with E-state index in [9.17, 15) is 9.59 Å². The SMILES string of the molecule is CCOC(=O)N1C2CCC1CC(N1CCC(OC)(C(=O)NC3(C)CCC3)CC1)C2. The van der Waals surface area contributed by atoms with Crippen LogP contribution in [0.15, 0.2) is 0 Å². The number of rotatable bonds is 5. The van der Waals surface area contributed by atoms with Crippen LogP contribution in [-0.2, 0) is 14.3 Å². The molecule has 4 rings (SSSR count). The predicted molar refractivity (Wildman–Crippen MR) is 110 cm³/mol. The molecule has 4 fully saturated rings. The number of hydrogen-bond acceptors (Lipinski definition) is 5. The van der Waals surface area contributed by atoms with Crippen molar-refractivity contribution in [3.63, 3.8) is 0 Å². The van der Waals surface area contributed by atoms with Crippen molar-refractivity contribution in [3.05, 3.63) is 0 Å². The zero-order chi connectivity index (χ0) is 20.6. The number of nitrogens with one attached hydrogen (secondary N) is 1. The van der Waals surface area contributed by atoms with Gasteiger partial charge in [-0.3, -0.25) is 9.69 Å². The Balaban J connectivity index is 1.34. The molecule has 3 heterocycles. The lowest BCUT2D eigenvalue weighted by Gasteiger charge is -2.48. The molecule has 0 aromatic carbocycles. The topological polar surface area (TPSA) is 71.1 Å². The molecule has 2 bridgehead atoms. The van der Waals surface area contributed by atoms with Gasteiger partial charge in [0.1, 0.15) is 5.60 Å². The average molecular weight is 408 g/mol. The normalized spacial score (nSPS) is 33.1. The summed E-state index contributed by atoms with van der Waals surface area (Å²) in [4.78, 5) is 29.9. The van der Waals surface area contributed by atoms with Gasteiger partial charge in [-0.2, -0.15) is 0 Å². The summed E-state index contributed by atoms with van der Waals surface area (Å²) in [5, 5.41) is 3.26. The molecule has 29 heavy (non-hydrogen) atoms. The summed E-state index contributed by atoms with van der Waals surface area (Å²) in [6.07, 6.45) is 8.83. The highest BCUT2D eigenvalue weighted by Gasteiger charge is 2.49. The van der Waals surface area contributed by atoms with Crippen LogP contribution < -0.4 is 5.32 Å². The molecule has 3 aliphatic heterocycles. The van der Waals surface area contributed by atoms with E-state index >= 15 is 0 Å². The van der Waals surface area contributed by atoms with E-state index < -0.39 is 5.60 Å². The number of methoxy groups -OCH3 is 1. The third-order valence-electron chi connectivity index (χ3n) is 7.99.